The Bertz CT molecular complexity index is 643. The Labute approximate surface area is 122 Å². The minimum atomic E-state index is -1.03. The summed E-state index contributed by atoms with van der Waals surface area (Å²) in [5.41, 5.74) is -0.288. The SMILES string of the molecule is O=C1CCC2(O)C3Cc4ccc(O)c(O)c4[C@@]2(CCN3)C1. The number of piperidine rings is 1. The predicted octanol–water partition coefficient (Wildman–Crippen LogP) is 0.738. The maximum absolute atomic E-state index is 12.1. The third-order valence-electron chi connectivity index (χ3n) is 5.78. The summed E-state index contributed by atoms with van der Waals surface area (Å²) < 4.78 is 0. The molecule has 1 heterocycles. The monoisotopic (exact) mass is 289 g/mol. The third-order valence-corrected chi connectivity index (χ3v) is 5.78. The molecule has 2 aliphatic carbocycles. The van der Waals surface area contributed by atoms with Gasteiger partial charge in [-0.3, -0.25) is 4.79 Å². The summed E-state index contributed by atoms with van der Waals surface area (Å²) in [7, 11) is 0. The molecule has 21 heavy (non-hydrogen) atoms. The molecular formula is C16H19NO4. The third kappa shape index (κ3) is 1.45. The molecule has 2 unspecified atom stereocenters. The average Bonchev–Trinajstić information content (AvgIpc) is 2.43. The second-order valence-electron chi connectivity index (χ2n) is 6.65. The van der Waals surface area contributed by atoms with Gasteiger partial charge in [0.1, 0.15) is 5.78 Å². The average molecular weight is 289 g/mol. The maximum atomic E-state index is 12.1. The largest absolute Gasteiger partial charge is 0.504 e. The summed E-state index contributed by atoms with van der Waals surface area (Å²) in [5, 5.41) is 35.0. The van der Waals surface area contributed by atoms with Crippen LogP contribution in [0.3, 0.4) is 0 Å². The zero-order chi connectivity index (χ0) is 14.8. The van der Waals surface area contributed by atoms with Crippen molar-refractivity contribution < 1.29 is 20.1 Å². The number of rotatable bonds is 0. The molecule has 2 bridgehead atoms. The van der Waals surface area contributed by atoms with Crippen molar-refractivity contribution in [3.05, 3.63) is 23.3 Å². The van der Waals surface area contributed by atoms with Crippen LogP contribution in [0.5, 0.6) is 11.5 Å². The fourth-order valence-corrected chi connectivity index (χ4v) is 4.81. The molecular weight excluding hydrogens is 270 g/mol. The first-order valence-electron chi connectivity index (χ1n) is 7.50. The molecule has 0 spiro atoms. The first kappa shape index (κ1) is 13.1. The summed E-state index contributed by atoms with van der Waals surface area (Å²) >= 11 is 0. The number of aliphatic hydroxyl groups is 1. The lowest BCUT2D eigenvalue weighted by Gasteiger charge is -2.60. The highest BCUT2D eigenvalue weighted by Crippen LogP contribution is 2.58. The number of Topliss-reactive ketones (excluding diaryl/α,β-unsaturated/α-hetero) is 1. The molecule has 5 nitrogen and oxygen atoms in total. The molecule has 0 amide bonds. The van der Waals surface area contributed by atoms with Gasteiger partial charge in [0.15, 0.2) is 11.5 Å². The number of benzene rings is 1. The van der Waals surface area contributed by atoms with Gasteiger partial charge in [-0.2, -0.15) is 0 Å². The molecule has 3 aliphatic rings. The highest BCUT2D eigenvalue weighted by atomic mass is 16.3. The molecule has 1 saturated heterocycles. The molecule has 0 aromatic heterocycles. The number of carbonyl (C=O) groups excluding carboxylic acids is 1. The Hall–Kier alpha value is -1.59. The molecule has 1 aromatic carbocycles. The van der Waals surface area contributed by atoms with E-state index in [1.807, 2.05) is 0 Å². The van der Waals surface area contributed by atoms with Crippen molar-refractivity contribution in [2.75, 3.05) is 6.54 Å². The molecule has 0 radical (unpaired) electrons. The number of phenolic OH excluding ortho intramolecular Hbond substituents is 2. The second-order valence-corrected chi connectivity index (χ2v) is 6.65. The minimum absolute atomic E-state index is 0.101. The van der Waals surface area contributed by atoms with Crippen LogP contribution in [-0.4, -0.2) is 39.3 Å². The highest BCUT2D eigenvalue weighted by Gasteiger charge is 2.63. The van der Waals surface area contributed by atoms with Gasteiger partial charge < -0.3 is 20.6 Å². The standard InChI is InChI=1S/C16H19NO4/c18-10-3-4-16(21)12-7-9-1-2-11(19)14(20)13(9)15(16,8-10)5-6-17-12/h1-2,12,17,19-21H,3-8H2/t12?,15-,16?/m1/s1. The number of ketones is 1. The summed E-state index contributed by atoms with van der Waals surface area (Å²) in [6.07, 6.45) is 2.24. The summed E-state index contributed by atoms with van der Waals surface area (Å²) in [4.78, 5) is 12.1. The van der Waals surface area contributed by atoms with Gasteiger partial charge in [-0.1, -0.05) is 6.07 Å². The second kappa shape index (κ2) is 3.99. The van der Waals surface area contributed by atoms with Gasteiger partial charge in [0.25, 0.3) is 0 Å². The lowest BCUT2D eigenvalue weighted by atomic mass is 9.49. The Morgan fingerprint density at radius 2 is 2.05 bits per heavy atom. The minimum Gasteiger partial charge on any atom is -0.504 e. The van der Waals surface area contributed by atoms with E-state index >= 15 is 0 Å². The van der Waals surface area contributed by atoms with E-state index in [-0.39, 0.29) is 29.7 Å². The summed E-state index contributed by atoms with van der Waals surface area (Å²) in [6.45, 7) is 0.703. The van der Waals surface area contributed by atoms with Gasteiger partial charge in [0, 0.05) is 29.9 Å². The van der Waals surface area contributed by atoms with Crippen LogP contribution in [0.4, 0.5) is 0 Å². The van der Waals surface area contributed by atoms with Crippen LogP contribution in [0, 0.1) is 0 Å². The van der Waals surface area contributed by atoms with Gasteiger partial charge in [-0.15, -0.1) is 0 Å². The van der Waals surface area contributed by atoms with Crippen LogP contribution in [0.2, 0.25) is 0 Å². The predicted molar refractivity (Wildman–Crippen MR) is 75.4 cm³/mol. The van der Waals surface area contributed by atoms with E-state index in [0.29, 0.717) is 37.8 Å². The molecule has 112 valence electrons. The van der Waals surface area contributed by atoms with E-state index < -0.39 is 11.0 Å². The van der Waals surface area contributed by atoms with Crippen molar-refractivity contribution in [2.45, 2.75) is 49.2 Å². The van der Waals surface area contributed by atoms with E-state index in [4.69, 9.17) is 0 Å². The Balaban J connectivity index is 2.02. The van der Waals surface area contributed by atoms with Crippen molar-refractivity contribution in [3.8, 4) is 11.5 Å². The number of aromatic hydroxyl groups is 2. The Morgan fingerprint density at radius 3 is 2.86 bits per heavy atom. The van der Waals surface area contributed by atoms with E-state index in [9.17, 15) is 20.1 Å². The number of fused-ring (bicyclic) bond motifs is 1. The van der Waals surface area contributed by atoms with Crippen molar-refractivity contribution in [3.63, 3.8) is 0 Å². The lowest BCUT2D eigenvalue weighted by molar-refractivity contribution is -0.149. The number of nitrogens with one attached hydrogen (secondary N) is 1. The van der Waals surface area contributed by atoms with Gasteiger partial charge in [0.2, 0.25) is 0 Å². The zero-order valence-electron chi connectivity index (χ0n) is 11.7. The normalized spacial score (nSPS) is 37.8. The quantitative estimate of drug-likeness (QED) is 0.529. The van der Waals surface area contributed by atoms with E-state index in [0.717, 1.165) is 5.56 Å². The van der Waals surface area contributed by atoms with Crippen LogP contribution in [0.25, 0.3) is 0 Å². The van der Waals surface area contributed by atoms with Crippen molar-refractivity contribution in [1.82, 2.24) is 5.32 Å². The Kier molecular flexibility index (Phi) is 2.49. The van der Waals surface area contributed by atoms with Gasteiger partial charge in [-0.25, -0.2) is 0 Å². The summed E-state index contributed by atoms with van der Waals surface area (Å²) in [5.74, 6) is -0.225. The van der Waals surface area contributed by atoms with Crippen molar-refractivity contribution >= 4 is 5.78 Å². The number of hydrogen-bond acceptors (Lipinski definition) is 5. The van der Waals surface area contributed by atoms with Gasteiger partial charge in [-0.05, 0) is 37.4 Å². The van der Waals surface area contributed by atoms with Crippen LogP contribution >= 0.6 is 0 Å². The smallest absolute Gasteiger partial charge is 0.161 e. The fourth-order valence-electron chi connectivity index (χ4n) is 4.81. The first-order valence-corrected chi connectivity index (χ1v) is 7.50. The number of hydrogen-bond donors (Lipinski definition) is 4. The molecule has 1 saturated carbocycles. The van der Waals surface area contributed by atoms with Crippen LogP contribution in [-0.2, 0) is 16.6 Å². The maximum Gasteiger partial charge on any atom is 0.161 e. The van der Waals surface area contributed by atoms with Crippen LogP contribution < -0.4 is 5.32 Å². The van der Waals surface area contributed by atoms with Crippen LogP contribution in [0.15, 0.2) is 12.1 Å². The van der Waals surface area contributed by atoms with Gasteiger partial charge in [0.05, 0.1) is 5.60 Å². The van der Waals surface area contributed by atoms with Crippen molar-refractivity contribution in [1.29, 1.82) is 0 Å². The molecule has 1 aromatic rings. The van der Waals surface area contributed by atoms with E-state index in [1.165, 1.54) is 6.07 Å². The molecule has 1 aliphatic heterocycles. The lowest BCUT2D eigenvalue weighted by Crippen LogP contribution is -2.72. The van der Waals surface area contributed by atoms with Crippen molar-refractivity contribution in [2.24, 2.45) is 0 Å². The summed E-state index contributed by atoms with van der Waals surface area (Å²) in [6, 6.07) is 3.18. The molecule has 2 fully saturated rings. The molecule has 3 atom stereocenters. The molecule has 4 rings (SSSR count). The fraction of sp³-hybridized carbons (Fsp3) is 0.562. The number of carbonyl (C=O) groups is 1. The topological polar surface area (TPSA) is 89.8 Å². The van der Waals surface area contributed by atoms with Gasteiger partial charge >= 0.3 is 0 Å². The first-order chi connectivity index (χ1) is 9.98. The van der Waals surface area contributed by atoms with Crippen LogP contribution in [0.1, 0.15) is 36.8 Å². The molecule has 4 N–H and O–H groups in total. The van der Waals surface area contributed by atoms with E-state index in [2.05, 4.69) is 5.32 Å². The highest BCUT2D eigenvalue weighted by molar-refractivity contribution is 5.83. The molecule has 5 heteroatoms. The number of phenols is 2. The van der Waals surface area contributed by atoms with E-state index in [1.54, 1.807) is 6.07 Å². The zero-order valence-corrected chi connectivity index (χ0v) is 11.7. The Morgan fingerprint density at radius 1 is 1.24 bits per heavy atom.